The summed E-state index contributed by atoms with van der Waals surface area (Å²) in [5.74, 6) is 0.666. The van der Waals surface area contributed by atoms with Crippen LogP contribution in [0.25, 0.3) is 0 Å². The van der Waals surface area contributed by atoms with E-state index in [0.29, 0.717) is 5.92 Å². The van der Waals surface area contributed by atoms with Crippen LogP contribution >= 0.6 is 0 Å². The molecular weight excluding hydrogens is 252 g/mol. The summed E-state index contributed by atoms with van der Waals surface area (Å²) < 4.78 is 37.4. The van der Waals surface area contributed by atoms with Gasteiger partial charge in [-0.1, -0.05) is 0 Å². The van der Waals surface area contributed by atoms with Crippen LogP contribution in [0.15, 0.2) is 12.1 Å². The lowest BCUT2D eigenvalue weighted by atomic mass is 9.80. The molecule has 0 N–H and O–H groups in total. The van der Waals surface area contributed by atoms with E-state index in [2.05, 4.69) is 11.5 Å². The van der Waals surface area contributed by atoms with E-state index >= 15 is 0 Å². The van der Waals surface area contributed by atoms with E-state index in [0.717, 1.165) is 32.5 Å². The quantitative estimate of drug-likeness (QED) is 0.712. The molecule has 2 aliphatic heterocycles. The monoisotopic (exact) mass is 275 g/mol. The molecule has 0 aromatic rings. The number of nitrogens with zero attached hydrogens (tertiary/aromatic N) is 2. The molecule has 2 rings (SSSR count). The summed E-state index contributed by atoms with van der Waals surface area (Å²) in [5, 5.41) is 0. The van der Waals surface area contributed by atoms with Crippen molar-refractivity contribution in [3.05, 3.63) is 12.1 Å². The van der Waals surface area contributed by atoms with Crippen LogP contribution in [0, 0.1) is 5.92 Å². The summed E-state index contributed by atoms with van der Waals surface area (Å²) in [7, 11) is 0. The van der Waals surface area contributed by atoms with Gasteiger partial charge in [0.1, 0.15) is 0 Å². The van der Waals surface area contributed by atoms with Crippen LogP contribution in [0.2, 0.25) is 0 Å². The van der Waals surface area contributed by atoms with Crippen molar-refractivity contribution in [3.63, 3.8) is 0 Å². The lowest BCUT2D eigenvalue weighted by Crippen LogP contribution is -2.40. The zero-order chi connectivity index (χ0) is 13.9. The van der Waals surface area contributed by atoms with E-state index in [1.807, 2.05) is 4.90 Å². The van der Waals surface area contributed by atoms with E-state index in [4.69, 9.17) is 0 Å². The first-order valence-electron chi connectivity index (χ1n) is 7.27. The molecule has 0 saturated carbocycles. The van der Waals surface area contributed by atoms with E-state index in [1.54, 1.807) is 0 Å². The predicted octanol–water partition coefficient (Wildman–Crippen LogP) is 2.74. The zero-order valence-corrected chi connectivity index (χ0v) is 11.5. The van der Waals surface area contributed by atoms with Crippen LogP contribution in [-0.2, 0) is 0 Å². The molecule has 2 nitrogen and oxygen atoms in total. The van der Waals surface area contributed by atoms with Gasteiger partial charge < -0.3 is 22.7 Å². The fraction of sp³-hybridized carbons (Fsp3) is 0.846. The molecule has 19 heavy (non-hydrogen) atoms. The third-order valence-electron chi connectivity index (χ3n) is 4.31. The molecule has 2 aliphatic rings. The van der Waals surface area contributed by atoms with Gasteiger partial charge in [-0.2, -0.15) is 0 Å². The standard InChI is InChI=1S/C13H23BF3N2/c1-12(14(15,16)17)10-19-8-4-13(5-9-19)11-18-6-2-3-7-18/h13H,1-11H2/q-1. The first-order chi connectivity index (χ1) is 8.95. The summed E-state index contributed by atoms with van der Waals surface area (Å²) in [4.78, 5) is 4.40. The highest BCUT2D eigenvalue weighted by Gasteiger charge is 2.29. The molecule has 2 fully saturated rings. The van der Waals surface area contributed by atoms with Crippen molar-refractivity contribution in [1.29, 1.82) is 0 Å². The maximum absolute atomic E-state index is 12.5. The summed E-state index contributed by atoms with van der Waals surface area (Å²) in [6.45, 7) is 3.41. The smallest absolute Gasteiger partial charge is 0.445 e. The molecule has 0 aromatic carbocycles. The summed E-state index contributed by atoms with van der Waals surface area (Å²) in [6.07, 6.45) is 4.64. The topological polar surface area (TPSA) is 6.48 Å². The molecule has 0 radical (unpaired) electrons. The minimum atomic E-state index is -4.87. The number of hydrogen-bond acceptors (Lipinski definition) is 2. The Balaban J connectivity index is 1.68. The minimum absolute atomic E-state index is 0.0000652. The predicted molar refractivity (Wildman–Crippen MR) is 73.1 cm³/mol. The fourth-order valence-corrected chi connectivity index (χ4v) is 3.05. The van der Waals surface area contributed by atoms with E-state index in [1.165, 1.54) is 25.9 Å². The van der Waals surface area contributed by atoms with Gasteiger partial charge in [0.05, 0.1) is 0 Å². The third kappa shape index (κ3) is 4.53. The molecular formula is C13H23BF3N2-. The van der Waals surface area contributed by atoms with Crippen molar-refractivity contribution in [2.45, 2.75) is 25.7 Å². The number of piperidine rings is 1. The van der Waals surface area contributed by atoms with Crippen molar-refractivity contribution in [1.82, 2.24) is 9.80 Å². The average Bonchev–Trinajstić information content (AvgIpc) is 2.83. The maximum Gasteiger partial charge on any atom is 0.506 e. The van der Waals surface area contributed by atoms with Gasteiger partial charge >= 0.3 is 6.98 Å². The van der Waals surface area contributed by atoms with Gasteiger partial charge in [-0.25, -0.2) is 0 Å². The van der Waals surface area contributed by atoms with Gasteiger partial charge in [0.15, 0.2) is 0 Å². The zero-order valence-electron chi connectivity index (χ0n) is 11.5. The van der Waals surface area contributed by atoms with Crippen molar-refractivity contribution in [3.8, 4) is 0 Å². The highest BCUT2D eigenvalue weighted by Crippen LogP contribution is 2.24. The van der Waals surface area contributed by atoms with Crippen molar-refractivity contribution < 1.29 is 12.9 Å². The summed E-state index contributed by atoms with van der Waals surface area (Å²) in [6, 6.07) is 0. The van der Waals surface area contributed by atoms with Crippen LogP contribution in [0.1, 0.15) is 25.7 Å². The molecule has 0 atom stereocenters. The lowest BCUT2D eigenvalue weighted by Gasteiger charge is -2.35. The second-order valence-corrected chi connectivity index (χ2v) is 5.96. The highest BCUT2D eigenvalue weighted by atomic mass is 19.4. The lowest BCUT2D eigenvalue weighted by molar-refractivity contribution is 0.162. The van der Waals surface area contributed by atoms with E-state index in [9.17, 15) is 12.9 Å². The maximum atomic E-state index is 12.5. The van der Waals surface area contributed by atoms with Crippen molar-refractivity contribution in [2.75, 3.05) is 39.3 Å². The van der Waals surface area contributed by atoms with Gasteiger partial charge in [-0.05, 0) is 64.3 Å². The molecule has 0 bridgehead atoms. The van der Waals surface area contributed by atoms with Crippen LogP contribution in [0.4, 0.5) is 12.9 Å². The largest absolute Gasteiger partial charge is 0.506 e. The van der Waals surface area contributed by atoms with Crippen LogP contribution in [0.5, 0.6) is 0 Å². The minimum Gasteiger partial charge on any atom is -0.445 e. The number of hydrogen-bond donors (Lipinski definition) is 0. The Morgan fingerprint density at radius 1 is 1.00 bits per heavy atom. The van der Waals surface area contributed by atoms with Gasteiger partial charge in [0.2, 0.25) is 0 Å². The van der Waals surface area contributed by atoms with Gasteiger partial charge in [0.25, 0.3) is 0 Å². The Bertz CT molecular complexity index is 306. The van der Waals surface area contributed by atoms with Crippen LogP contribution in [0.3, 0.4) is 0 Å². The van der Waals surface area contributed by atoms with Gasteiger partial charge in [-0.15, -0.1) is 12.1 Å². The third-order valence-corrected chi connectivity index (χ3v) is 4.31. The van der Waals surface area contributed by atoms with Gasteiger partial charge in [-0.3, -0.25) is 0 Å². The number of halogens is 3. The Kier molecular flexibility index (Phi) is 4.95. The Morgan fingerprint density at radius 3 is 2.11 bits per heavy atom. The van der Waals surface area contributed by atoms with E-state index in [-0.39, 0.29) is 6.54 Å². The SMILES string of the molecule is C=C(CN1CCC(CN2CCCC2)CC1)[B-](F)(F)F. The second kappa shape index (κ2) is 6.31. The Labute approximate surface area is 113 Å². The second-order valence-electron chi connectivity index (χ2n) is 5.96. The van der Waals surface area contributed by atoms with Crippen molar-refractivity contribution in [2.24, 2.45) is 5.92 Å². The molecule has 0 amide bonds. The normalized spacial score (nSPS) is 23.9. The summed E-state index contributed by atoms with van der Waals surface area (Å²) in [5.41, 5.74) is -0.557. The van der Waals surface area contributed by atoms with Crippen molar-refractivity contribution >= 4 is 6.98 Å². The fourth-order valence-electron chi connectivity index (χ4n) is 3.05. The molecule has 110 valence electrons. The first-order valence-corrected chi connectivity index (χ1v) is 7.27. The molecule has 0 aromatic heterocycles. The number of likely N-dealkylation sites (tertiary alicyclic amines) is 2. The Morgan fingerprint density at radius 2 is 1.58 bits per heavy atom. The molecule has 0 spiro atoms. The molecule has 2 heterocycles. The highest BCUT2D eigenvalue weighted by molar-refractivity contribution is 6.66. The summed E-state index contributed by atoms with van der Waals surface area (Å²) >= 11 is 0. The molecule has 0 aliphatic carbocycles. The molecule has 0 unspecified atom stereocenters. The van der Waals surface area contributed by atoms with Crippen LogP contribution < -0.4 is 0 Å². The molecule has 2 saturated heterocycles. The van der Waals surface area contributed by atoms with E-state index < -0.39 is 12.4 Å². The molecule has 6 heteroatoms. The number of rotatable bonds is 5. The van der Waals surface area contributed by atoms with Gasteiger partial charge in [0, 0.05) is 6.54 Å². The average molecular weight is 275 g/mol. The van der Waals surface area contributed by atoms with Crippen LogP contribution in [-0.4, -0.2) is 56.0 Å². The Hall–Kier alpha value is -0.485. The first kappa shape index (κ1) is 14.9.